The fourth-order valence-corrected chi connectivity index (χ4v) is 1.41. The Balaban J connectivity index is 3.28. The molecule has 1 rings (SSSR count). The lowest BCUT2D eigenvalue weighted by molar-refractivity contribution is -0.384. The molecule has 0 saturated heterocycles. The van der Waals surface area contributed by atoms with Crippen LogP contribution in [-0.2, 0) is 16.0 Å². The van der Waals surface area contributed by atoms with E-state index in [0.29, 0.717) is 11.1 Å². The van der Waals surface area contributed by atoms with Crippen LogP contribution in [0, 0.1) is 17.0 Å². The molecule has 1 aromatic rings. The van der Waals surface area contributed by atoms with Crippen molar-refractivity contribution in [2.45, 2.75) is 13.3 Å². The second-order valence-corrected chi connectivity index (χ2v) is 3.31. The Morgan fingerprint density at radius 3 is 2.69 bits per heavy atom. The number of methoxy groups -OCH3 is 1. The lowest BCUT2D eigenvalue weighted by Crippen LogP contribution is -2.10. The quantitative estimate of drug-likeness (QED) is 0.360. The van der Waals surface area contributed by atoms with Gasteiger partial charge in [0.2, 0.25) is 0 Å². The maximum absolute atomic E-state index is 11.1. The number of anilines is 1. The Bertz CT molecular complexity index is 443. The number of carbonyl (C=O) groups is 1. The average Bonchev–Trinajstić information content (AvgIpc) is 2.22. The number of nitrogens with zero attached hydrogens (tertiary/aromatic N) is 1. The summed E-state index contributed by atoms with van der Waals surface area (Å²) in [6.07, 6.45) is -0.149. The van der Waals surface area contributed by atoms with Gasteiger partial charge in [0.25, 0.3) is 5.69 Å². The highest BCUT2D eigenvalue weighted by Gasteiger charge is 2.22. The van der Waals surface area contributed by atoms with Crippen molar-refractivity contribution in [3.05, 3.63) is 33.4 Å². The van der Waals surface area contributed by atoms with Crippen molar-refractivity contribution in [2.75, 3.05) is 12.8 Å². The number of hydrogen-bond donors (Lipinski definition) is 1. The molecule has 0 fully saturated rings. The van der Waals surface area contributed by atoms with Crippen LogP contribution in [0.1, 0.15) is 11.1 Å². The minimum absolute atomic E-state index is 0.0505. The highest BCUT2D eigenvalue weighted by Crippen LogP contribution is 2.29. The summed E-state index contributed by atoms with van der Waals surface area (Å²) in [7, 11) is 1.23. The number of benzene rings is 1. The first kappa shape index (κ1) is 12.0. The van der Waals surface area contributed by atoms with Crippen LogP contribution in [0.15, 0.2) is 12.1 Å². The predicted octanol–water partition coefficient (Wildman–Crippen LogP) is 1.20. The topological polar surface area (TPSA) is 95.5 Å². The van der Waals surface area contributed by atoms with Gasteiger partial charge in [0, 0.05) is 5.56 Å². The SMILES string of the molecule is COC(=O)Cc1c(C)ccc(N)c1[N+](=O)[O-]. The minimum atomic E-state index is -0.583. The zero-order valence-electron chi connectivity index (χ0n) is 9.02. The number of nitro benzene ring substituents is 1. The van der Waals surface area contributed by atoms with Gasteiger partial charge in [0.05, 0.1) is 18.5 Å². The van der Waals surface area contributed by atoms with E-state index in [1.165, 1.54) is 13.2 Å². The maximum Gasteiger partial charge on any atom is 0.310 e. The van der Waals surface area contributed by atoms with Gasteiger partial charge >= 0.3 is 5.97 Å². The number of ether oxygens (including phenoxy) is 1. The van der Waals surface area contributed by atoms with Gasteiger partial charge in [-0.05, 0) is 18.6 Å². The first-order chi connectivity index (χ1) is 7.47. The lowest BCUT2D eigenvalue weighted by atomic mass is 10.0. The zero-order valence-corrected chi connectivity index (χ0v) is 9.02. The summed E-state index contributed by atoms with van der Waals surface area (Å²) in [4.78, 5) is 21.4. The molecular formula is C10H12N2O4. The predicted molar refractivity (Wildman–Crippen MR) is 58.0 cm³/mol. The third-order valence-electron chi connectivity index (χ3n) is 2.28. The summed E-state index contributed by atoms with van der Waals surface area (Å²) >= 11 is 0. The van der Waals surface area contributed by atoms with Gasteiger partial charge in [-0.25, -0.2) is 0 Å². The lowest BCUT2D eigenvalue weighted by Gasteiger charge is -2.07. The number of carbonyl (C=O) groups excluding carboxylic acids is 1. The summed E-state index contributed by atoms with van der Waals surface area (Å²) in [6, 6.07) is 3.09. The molecule has 0 aromatic heterocycles. The summed E-state index contributed by atoms with van der Waals surface area (Å²) in [5, 5.41) is 10.8. The van der Waals surface area contributed by atoms with Crippen molar-refractivity contribution in [3.8, 4) is 0 Å². The van der Waals surface area contributed by atoms with E-state index in [1.54, 1.807) is 13.0 Å². The molecule has 0 saturated carbocycles. The van der Waals surface area contributed by atoms with Gasteiger partial charge in [-0.3, -0.25) is 14.9 Å². The van der Waals surface area contributed by atoms with Gasteiger partial charge in [0.1, 0.15) is 5.69 Å². The molecule has 0 aliphatic heterocycles. The van der Waals surface area contributed by atoms with Crippen molar-refractivity contribution in [1.29, 1.82) is 0 Å². The Labute approximate surface area is 92.2 Å². The van der Waals surface area contributed by atoms with Gasteiger partial charge in [-0.1, -0.05) is 6.07 Å². The van der Waals surface area contributed by atoms with Crippen molar-refractivity contribution in [2.24, 2.45) is 0 Å². The average molecular weight is 224 g/mol. The number of aryl methyl sites for hydroxylation is 1. The molecule has 0 aliphatic carbocycles. The van der Waals surface area contributed by atoms with E-state index in [0.717, 1.165) is 0 Å². The zero-order chi connectivity index (χ0) is 12.3. The van der Waals surface area contributed by atoms with Crippen LogP contribution in [0.25, 0.3) is 0 Å². The Kier molecular flexibility index (Phi) is 3.44. The summed E-state index contributed by atoms with van der Waals surface area (Å²) < 4.78 is 4.48. The van der Waals surface area contributed by atoms with Gasteiger partial charge in [-0.2, -0.15) is 0 Å². The van der Waals surface area contributed by atoms with E-state index >= 15 is 0 Å². The summed E-state index contributed by atoms with van der Waals surface area (Å²) in [5.41, 5.74) is 6.30. The van der Waals surface area contributed by atoms with Crippen LogP contribution in [0.2, 0.25) is 0 Å². The molecule has 6 heteroatoms. The van der Waals surface area contributed by atoms with Crippen molar-refractivity contribution in [1.82, 2.24) is 0 Å². The molecule has 0 amide bonds. The van der Waals surface area contributed by atoms with Crippen LogP contribution in [0.5, 0.6) is 0 Å². The van der Waals surface area contributed by atoms with Crippen molar-refractivity contribution < 1.29 is 14.5 Å². The first-order valence-electron chi connectivity index (χ1n) is 4.56. The van der Waals surface area contributed by atoms with Gasteiger partial charge in [-0.15, -0.1) is 0 Å². The molecule has 2 N–H and O–H groups in total. The molecule has 1 aromatic carbocycles. The monoisotopic (exact) mass is 224 g/mol. The van der Waals surface area contributed by atoms with Crippen LogP contribution in [0.4, 0.5) is 11.4 Å². The number of nitro groups is 1. The molecule has 0 heterocycles. The Hall–Kier alpha value is -2.11. The van der Waals surface area contributed by atoms with Crippen LogP contribution >= 0.6 is 0 Å². The molecule has 0 aliphatic rings. The second kappa shape index (κ2) is 4.61. The van der Waals surface area contributed by atoms with E-state index in [1.807, 2.05) is 0 Å². The highest BCUT2D eigenvalue weighted by molar-refractivity contribution is 5.77. The molecular weight excluding hydrogens is 212 g/mol. The highest BCUT2D eigenvalue weighted by atomic mass is 16.6. The van der Waals surface area contributed by atoms with E-state index in [-0.39, 0.29) is 17.8 Å². The molecule has 0 unspecified atom stereocenters. The third-order valence-corrected chi connectivity index (χ3v) is 2.28. The normalized spacial score (nSPS) is 9.88. The number of rotatable bonds is 3. The Morgan fingerprint density at radius 2 is 2.19 bits per heavy atom. The van der Waals surface area contributed by atoms with Crippen molar-refractivity contribution >= 4 is 17.3 Å². The number of nitrogen functional groups attached to an aromatic ring is 1. The fraction of sp³-hybridized carbons (Fsp3) is 0.300. The van der Waals surface area contributed by atoms with E-state index < -0.39 is 10.9 Å². The van der Waals surface area contributed by atoms with E-state index in [2.05, 4.69) is 4.74 Å². The number of hydrogen-bond acceptors (Lipinski definition) is 5. The molecule has 0 atom stereocenters. The smallest absolute Gasteiger partial charge is 0.310 e. The van der Waals surface area contributed by atoms with Crippen LogP contribution in [0.3, 0.4) is 0 Å². The molecule has 0 bridgehead atoms. The van der Waals surface area contributed by atoms with Crippen LogP contribution in [-0.4, -0.2) is 18.0 Å². The Morgan fingerprint density at radius 1 is 1.56 bits per heavy atom. The summed E-state index contributed by atoms with van der Waals surface area (Å²) in [5.74, 6) is -0.531. The largest absolute Gasteiger partial charge is 0.469 e. The standard InChI is InChI=1S/C10H12N2O4/c1-6-3-4-8(11)10(12(14)15)7(6)5-9(13)16-2/h3-4H,5,11H2,1-2H3. The molecule has 0 spiro atoms. The molecule has 16 heavy (non-hydrogen) atoms. The molecule has 6 nitrogen and oxygen atoms in total. The number of nitrogens with two attached hydrogens (primary N) is 1. The maximum atomic E-state index is 11.1. The fourth-order valence-electron chi connectivity index (χ4n) is 1.41. The number of esters is 1. The minimum Gasteiger partial charge on any atom is -0.469 e. The molecule has 0 radical (unpaired) electrons. The van der Waals surface area contributed by atoms with Crippen molar-refractivity contribution in [3.63, 3.8) is 0 Å². The molecule has 86 valence electrons. The third kappa shape index (κ3) is 2.28. The second-order valence-electron chi connectivity index (χ2n) is 3.31. The summed E-state index contributed by atoms with van der Waals surface area (Å²) in [6.45, 7) is 1.69. The van der Waals surface area contributed by atoms with Gasteiger partial charge < -0.3 is 10.5 Å². The van der Waals surface area contributed by atoms with Crippen LogP contribution < -0.4 is 5.73 Å². The van der Waals surface area contributed by atoms with E-state index in [4.69, 9.17) is 5.73 Å². The first-order valence-corrected chi connectivity index (χ1v) is 4.56. The van der Waals surface area contributed by atoms with E-state index in [9.17, 15) is 14.9 Å². The van der Waals surface area contributed by atoms with Gasteiger partial charge in [0.15, 0.2) is 0 Å².